The highest BCUT2D eigenvalue weighted by Crippen LogP contribution is 2.37. The van der Waals surface area contributed by atoms with E-state index in [9.17, 15) is 17.6 Å². The Labute approximate surface area is 62.3 Å². The molecule has 0 rings (SSSR count). The van der Waals surface area contributed by atoms with E-state index < -0.39 is 18.5 Å². The maximum atomic E-state index is 12.3. The van der Waals surface area contributed by atoms with Gasteiger partial charge in [0.25, 0.3) is 0 Å². The normalized spacial score (nSPS) is 13.6. The fraction of sp³-hybridized carbons (Fsp3) is 1.00. The fourth-order valence-corrected chi connectivity index (χ4v) is 0.609. The van der Waals surface area contributed by atoms with Crippen molar-refractivity contribution in [2.75, 3.05) is 7.11 Å². The zero-order chi connectivity index (χ0) is 9.12. The van der Waals surface area contributed by atoms with Gasteiger partial charge in [-0.1, -0.05) is 13.3 Å². The molecule has 0 atom stereocenters. The third-order valence-corrected chi connectivity index (χ3v) is 1.25. The van der Waals surface area contributed by atoms with Gasteiger partial charge in [-0.3, -0.25) is 0 Å². The molecule has 11 heavy (non-hydrogen) atoms. The van der Waals surface area contributed by atoms with Crippen molar-refractivity contribution in [2.45, 2.75) is 31.8 Å². The van der Waals surface area contributed by atoms with Crippen LogP contribution < -0.4 is 0 Å². The highest BCUT2D eigenvalue weighted by Gasteiger charge is 2.56. The molecule has 0 saturated carbocycles. The lowest BCUT2D eigenvalue weighted by Crippen LogP contribution is -2.41. The molecule has 68 valence electrons. The van der Waals surface area contributed by atoms with Crippen molar-refractivity contribution >= 4 is 0 Å². The third-order valence-electron chi connectivity index (χ3n) is 1.25. The first-order chi connectivity index (χ1) is 4.87. The van der Waals surface area contributed by atoms with Crippen molar-refractivity contribution in [1.29, 1.82) is 0 Å². The van der Waals surface area contributed by atoms with E-state index in [1.54, 1.807) is 0 Å². The summed E-state index contributed by atoms with van der Waals surface area (Å²) in [6.45, 7) is 1.40. The van der Waals surface area contributed by atoms with Gasteiger partial charge in [0.1, 0.15) is 0 Å². The first-order valence-electron chi connectivity index (χ1n) is 3.18. The summed E-state index contributed by atoms with van der Waals surface area (Å²) >= 11 is 0. The summed E-state index contributed by atoms with van der Waals surface area (Å²) in [6, 6.07) is 0. The van der Waals surface area contributed by atoms with E-state index in [0.717, 1.165) is 0 Å². The van der Waals surface area contributed by atoms with Crippen molar-refractivity contribution in [3.63, 3.8) is 0 Å². The van der Waals surface area contributed by atoms with Gasteiger partial charge in [0.2, 0.25) is 0 Å². The van der Waals surface area contributed by atoms with Crippen LogP contribution in [-0.4, -0.2) is 19.1 Å². The van der Waals surface area contributed by atoms with Gasteiger partial charge >= 0.3 is 12.0 Å². The molecule has 0 radical (unpaired) electrons. The van der Waals surface area contributed by atoms with Crippen molar-refractivity contribution in [2.24, 2.45) is 0 Å². The van der Waals surface area contributed by atoms with Crippen LogP contribution in [0.25, 0.3) is 0 Å². The minimum absolute atomic E-state index is 0.00799. The van der Waals surface area contributed by atoms with E-state index in [4.69, 9.17) is 0 Å². The molecular weight excluding hydrogens is 164 g/mol. The Balaban J connectivity index is 4.26. The van der Waals surface area contributed by atoms with Crippen LogP contribution in [0.5, 0.6) is 0 Å². The zero-order valence-electron chi connectivity index (χ0n) is 6.33. The summed E-state index contributed by atoms with van der Waals surface area (Å²) < 4.78 is 52.3. The summed E-state index contributed by atoms with van der Waals surface area (Å²) in [5.41, 5.74) is 0. The van der Waals surface area contributed by atoms with Gasteiger partial charge in [-0.2, -0.15) is 17.6 Å². The largest absolute Gasteiger partial charge is 0.419 e. The molecule has 0 aliphatic rings. The number of alkyl halides is 4. The summed E-state index contributed by atoms with van der Waals surface area (Å²) in [6.07, 6.45) is -5.22. The molecule has 0 spiro atoms. The summed E-state index contributed by atoms with van der Waals surface area (Å²) in [5.74, 6) is -4.06. The lowest BCUT2D eigenvalue weighted by molar-refractivity contribution is -0.339. The van der Waals surface area contributed by atoms with E-state index in [0.29, 0.717) is 7.11 Å². The van der Waals surface area contributed by atoms with E-state index in [1.807, 2.05) is 0 Å². The molecule has 0 N–H and O–H groups in total. The quantitative estimate of drug-likeness (QED) is 0.595. The van der Waals surface area contributed by atoms with Gasteiger partial charge in [0.05, 0.1) is 0 Å². The number of rotatable bonds is 4. The number of hydrogen-bond acceptors (Lipinski definition) is 1. The topological polar surface area (TPSA) is 9.23 Å². The maximum Gasteiger partial charge on any atom is 0.419 e. The van der Waals surface area contributed by atoms with Crippen LogP contribution in [0.1, 0.15) is 19.8 Å². The molecule has 0 unspecified atom stereocenters. The monoisotopic (exact) mass is 174 g/mol. The van der Waals surface area contributed by atoms with E-state index >= 15 is 0 Å². The summed E-state index contributed by atoms with van der Waals surface area (Å²) in [4.78, 5) is 0. The average molecular weight is 174 g/mol. The highest BCUT2D eigenvalue weighted by molar-refractivity contribution is 4.75. The first kappa shape index (κ1) is 10.7. The smallest absolute Gasteiger partial charge is 0.319 e. The van der Waals surface area contributed by atoms with Crippen LogP contribution in [-0.2, 0) is 4.74 Å². The summed E-state index contributed by atoms with van der Waals surface area (Å²) in [7, 11) is 0.559. The Kier molecular flexibility index (Phi) is 3.29. The number of halogens is 4. The van der Waals surface area contributed by atoms with Gasteiger partial charge in [0.15, 0.2) is 0 Å². The third kappa shape index (κ3) is 2.32. The van der Waals surface area contributed by atoms with Crippen LogP contribution in [0.3, 0.4) is 0 Å². The molecule has 0 heterocycles. The van der Waals surface area contributed by atoms with Crippen molar-refractivity contribution in [1.82, 2.24) is 0 Å². The SMILES string of the molecule is CCCC(F)(F)C(F)(F)OC. The zero-order valence-corrected chi connectivity index (χ0v) is 6.33. The number of hydrogen-bond donors (Lipinski definition) is 0. The Hall–Kier alpha value is -0.320. The van der Waals surface area contributed by atoms with Crippen LogP contribution in [0.4, 0.5) is 17.6 Å². The van der Waals surface area contributed by atoms with Gasteiger partial charge in [0, 0.05) is 13.5 Å². The number of ether oxygens (including phenoxy) is 1. The van der Waals surface area contributed by atoms with Crippen LogP contribution >= 0.6 is 0 Å². The molecule has 0 bridgehead atoms. The van der Waals surface area contributed by atoms with E-state index in [1.165, 1.54) is 6.92 Å². The van der Waals surface area contributed by atoms with Crippen LogP contribution in [0, 0.1) is 0 Å². The number of methoxy groups -OCH3 is 1. The van der Waals surface area contributed by atoms with Crippen LogP contribution in [0.2, 0.25) is 0 Å². The molecule has 0 aromatic rings. The minimum atomic E-state index is -4.34. The van der Waals surface area contributed by atoms with Gasteiger partial charge < -0.3 is 4.74 Å². The Morgan fingerprint density at radius 3 is 1.91 bits per heavy atom. The molecule has 0 aromatic carbocycles. The lowest BCUT2D eigenvalue weighted by atomic mass is 10.2. The molecule has 5 heteroatoms. The molecule has 0 fully saturated rings. The van der Waals surface area contributed by atoms with Gasteiger partial charge in [-0.05, 0) is 0 Å². The van der Waals surface area contributed by atoms with Crippen molar-refractivity contribution < 1.29 is 22.3 Å². The Bertz CT molecular complexity index is 124. The summed E-state index contributed by atoms with van der Waals surface area (Å²) in [5, 5.41) is 0. The highest BCUT2D eigenvalue weighted by atomic mass is 19.3. The molecule has 0 saturated heterocycles. The molecular formula is C6H10F4O. The van der Waals surface area contributed by atoms with Crippen molar-refractivity contribution in [3.8, 4) is 0 Å². The molecule has 0 aliphatic carbocycles. The first-order valence-corrected chi connectivity index (χ1v) is 3.18. The Morgan fingerprint density at radius 1 is 1.18 bits per heavy atom. The predicted octanol–water partition coefficient (Wildman–Crippen LogP) is 2.66. The average Bonchev–Trinajstić information content (AvgIpc) is 1.87. The van der Waals surface area contributed by atoms with E-state index in [-0.39, 0.29) is 6.42 Å². The van der Waals surface area contributed by atoms with Crippen molar-refractivity contribution in [3.05, 3.63) is 0 Å². The van der Waals surface area contributed by atoms with E-state index in [2.05, 4.69) is 4.74 Å². The fourth-order valence-electron chi connectivity index (χ4n) is 0.609. The predicted molar refractivity (Wildman–Crippen MR) is 31.8 cm³/mol. The van der Waals surface area contributed by atoms with Gasteiger partial charge in [-0.15, -0.1) is 0 Å². The molecule has 0 amide bonds. The molecule has 1 nitrogen and oxygen atoms in total. The Morgan fingerprint density at radius 2 is 1.64 bits per heavy atom. The maximum absolute atomic E-state index is 12.3. The minimum Gasteiger partial charge on any atom is -0.319 e. The second-order valence-electron chi connectivity index (χ2n) is 2.18. The second-order valence-corrected chi connectivity index (χ2v) is 2.18. The molecule has 0 aliphatic heterocycles. The second kappa shape index (κ2) is 3.38. The van der Waals surface area contributed by atoms with Crippen LogP contribution in [0.15, 0.2) is 0 Å². The standard InChI is InChI=1S/C6H10F4O/c1-3-4-5(7,8)6(9,10)11-2/h3-4H2,1-2H3. The van der Waals surface area contributed by atoms with Gasteiger partial charge in [-0.25, -0.2) is 0 Å². The lowest BCUT2D eigenvalue weighted by Gasteiger charge is -2.23. The molecule has 0 aromatic heterocycles.